The molecule has 0 aliphatic carbocycles. The summed E-state index contributed by atoms with van der Waals surface area (Å²) in [5.74, 6) is -2.20. The van der Waals surface area contributed by atoms with Crippen molar-refractivity contribution in [3.8, 4) is 0 Å². The summed E-state index contributed by atoms with van der Waals surface area (Å²) in [5, 5.41) is 6.39. The van der Waals surface area contributed by atoms with E-state index in [1.807, 2.05) is 6.07 Å². The van der Waals surface area contributed by atoms with Gasteiger partial charge in [0.1, 0.15) is 5.69 Å². The largest absolute Gasteiger partial charge is 0.376 e. The van der Waals surface area contributed by atoms with Gasteiger partial charge >= 0.3 is 11.8 Å². The zero-order chi connectivity index (χ0) is 22.7. The summed E-state index contributed by atoms with van der Waals surface area (Å²) in [5.41, 5.74) is 3.64. The average Bonchev–Trinajstić information content (AvgIpc) is 3.41. The van der Waals surface area contributed by atoms with Gasteiger partial charge < -0.3 is 15.4 Å². The maximum atomic E-state index is 13.0. The first-order valence-corrected chi connectivity index (χ1v) is 11.2. The van der Waals surface area contributed by atoms with E-state index in [-0.39, 0.29) is 18.3 Å². The Balaban J connectivity index is 1.57. The molecule has 3 N–H and O–H groups in total. The van der Waals surface area contributed by atoms with Crippen LogP contribution >= 0.6 is 27.5 Å². The number of hydrogen-bond acceptors (Lipinski definition) is 4. The summed E-state index contributed by atoms with van der Waals surface area (Å²) in [7, 11) is 0. The molecule has 0 bridgehead atoms. The Morgan fingerprint density at radius 3 is 2.69 bits per heavy atom. The van der Waals surface area contributed by atoms with Crippen molar-refractivity contribution in [2.45, 2.75) is 18.9 Å². The first kappa shape index (κ1) is 22.3. The van der Waals surface area contributed by atoms with E-state index in [2.05, 4.69) is 32.0 Å². The summed E-state index contributed by atoms with van der Waals surface area (Å²) in [6.45, 7) is 0.910. The molecule has 1 aliphatic rings. The molecule has 1 fully saturated rings. The summed E-state index contributed by atoms with van der Waals surface area (Å²) >= 11 is 9.55. The van der Waals surface area contributed by atoms with Crippen molar-refractivity contribution in [1.82, 2.24) is 9.99 Å². The van der Waals surface area contributed by atoms with Gasteiger partial charge in [-0.3, -0.25) is 19.8 Å². The van der Waals surface area contributed by atoms with Crippen molar-refractivity contribution < 1.29 is 19.1 Å². The molecule has 1 saturated heterocycles. The van der Waals surface area contributed by atoms with Crippen LogP contribution in [0.3, 0.4) is 0 Å². The standard InChI is InChI=1S/C22H20BrClN4O4/c23-14-7-8-18-13(10-14)11-19(20(29)26-17-6-2-1-5-16(17)24)28(18)27-22(31)21(30)25-12-15-4-3-9-32-15/h1-2,5-8,10-11,15H,3-4,9,12H2,(H,25,30)(H,26,29)(H,27,31)/t15-/m1/s1. The molecule has 0 radical (unpaired) electrons. The van der Waals surface area contributed by atoms with E-state index in [0.717, 1.165) is 17.3 Å². The number of nitrogens with zero attached hydrogens (tertiary/aromatic N) is 1. The topological polar surface area (TPSA) is 101 Å². The molecule has 2 heterocycles. The number of hydrogen-bond donors (Lipinski definition) is 3. The summed E-state index contributed by atoms with van der Waals surface area (Å²) in [6, 6.07) is 13.8. The van der Waals surface area contributed by atoms with Crippen LogP contribution in [0.4, 0.5) is 5.69 Å². The van der Waals surface area contributed by atoms with Gasteiger partial charge in [0.25, 0.3) is 5.91 Å². The molecule has 10 heteroatoms. The van der Waals surface area contributed by atoms with E-state index < -0.39 is 17.7 Å². The van der Waals surface area contributed by atoms with Crippen LogP contribution in [0.15, 0.2) is 53.0 Å². The predicted octanol–water partition coefficient (Wildman–Crippen LogP) is 3.67. The van der Waals surface area contributed by atoms with Gasteiger partial charge in [0.05, 0.1) is 22.3 Å². The average molecular weight is 520 g/mol. The molecule has 4 rings (SSSR count). The summed E-state index contributed by atoms with van der Waals surface area (Å²) in [6.07, 6.45) is 1.68. The highest BCUT2D eigenvalue weighted by Crippen LogP contribution is 2.25. The fraction of sp³-hybridized carbons (Fsp3) is 0.227. The lowest BCUT2D eigenvalue weighted by Gasteiger charge is -2.14. The smallest absolute Gasteiger partial charge is 0.328 e. The third-order valence-electron chi connectivity index (χ3n) is 5.05. The lowest BCUT2D eigenvalue weighted by atomic mass is 10.2. The van der Waals surface area contributed by atoms with Crippen LogP contribution in [0.5, 0.6) is 0 Å². The second-order valence-corrected chi connectivity index (χ2v) is 8.61. The number of halogens is 2. The van der Waals surface area contributed by atoms with Crippen molar-refractivity contribution in [3.05, 3.63) is 63.7 Å². The van der Waals surface area contributed by atoms with Gasteiger partial charge in [-0.25, -0.2) is 4.68 Å². The Kier molecular flexibility index (Phi) is 6.78. The van der Waals surface area contributed by atoms with Crippen LogP contribution in [0.2, 0.25) is 5.02 Å². The second-order valence-electron chi connectivity index (χ2n) is 7.29. The zero-order valence-corrected chi connectivity index (χ0v) is 19.2. The van der Waals surface area contributed by atoms with Crippen molar-refractivity contribution >= 4 is 61.8 Å². The van der Waals surface area contributed by atoms with Crippen molar-refractivity contribution in [2.75, 3.05) is 23.9 Å². The van der Waals surface area contributed by atoms with Gasteiger partial charge in [0.15, 0.2) is 0 Å². The minimum Gasteiger partial charge on any atom is -0.376 e. The molecule has 32 heavy (non-hydrogen) atoms. The molecule has 3 aromatic rings. The first-order chi connectivity index (χ1) is 15.4. The van der Waals surface area contributed by atoms with Gasteiger partial charge in [0.2, 0.25) is 0 Å². The van der Waals surface area contributed by atoms with E-state index in [4.69, 9.17) is 16.3 Å². The number of benzene rings is 2. The molecule has 1 aromatic heterocycles. The second kappa shape index (κ2) is 9.72. The normalized spacial score (nSPS) is 15.5. The molecule has 3 amide bonds. The SMILES string of the molecule is O=C(NC[C@H]1CCCO1)C(=O)Nn1c(C(=O)Nc2ccccc2Cl)cc2cc(Br)ccc21. The van der Waals surface area contributed by atoms with E-state index in [0.29, 0.717) is 28.2 Å². The highest BCUT2D eigenvalue weighted by Gasteiger charge is 2.23. The van der Waals surface area contributed by atoms with Crippen molar-refractivity contribution in [2.24, 2.45) is 0 Å². The molecule has 166 valence electrons. The number of carbonyl (C=O) groups excluding carboxylic acids is 3. The summed E-state index contributed by atoms with van der Waals surface area (Å²) < 4.78 is 7.55. The van der Waals surface area contributed by atoms with Gasteiger partial charge in [0, 0.05) is 23.0 Å². The fourth-order valence-electron chi connectivity index (χ4n) is 3.47. The highest BCUT2D eigenvalue weighted by atomic mass is 79.9. The van der Waals surface area contributed by atoms with E-state index >= 15 is 0 Å². The first-order valence-electron chi connectivity index (χ1n) is 10.00. The number of amides is 3. The Bertz CT molecular complexity index is 1190. The summed E-state index contributed by atoms with van der Waals surface area (Å²) in [4.78, 5) is 37.9. The van der Waals surface area contributed by atoms with Crippen molar-refractivity contribution in [3.63, 3.8) is 0 Å². The zero-order valence-electron chi connectivity index (χ0n) is 16.9. The molecule has 0 unspecified atom stereocenters. The number of ether oxygens (including phenoxy) is 1. The maximum Gasteiger partial charge on any atom is 0.328 e. The van der Waals surface area contributed by atoms with Crippen LogP contribution in [0.1, 0.15) is 23.3 Å². The van der Waals surface area contributed by atoms with Gasteiger partial charge in [-0.2, -0.15) is 0 Å². The highest BCUT2D eigenvalue weighted by molar-refractivity contribution is 9.10. The van der Waals surface area contributed by atoms with E-state index in [9.17, 15) is 14.4 Å². The van der Waals surface area contributed by atoms with E-state index in [1.54, 1.807) is 42.5 Å². The van der Waals surface area contributed by atoms with Crippen molar-refractivity contribution in [1.29, 1.82) is 0 Å². The van der Waals surface area contributed by atoms with Gasteiger partial charge in [-0.1, -0.05) is 39.7 Å². The molecule has 1 aliphatic heterocycles. The Labute approximate surface area is 197 Å². The number of para-hydroxylation sites is 1. The third kappa shape index (κ3) is 4.95. The molecule has 2 aromatic carbocycles. The number of aromatic nitrogens is 1. The van der Waals surface area contributed by atoms with E-state index in [1.165, 1.54) is 4.68 Å². The minimum atomic E-state index is -0.893. The number of rotatable bonds is 5. The fourth-order valence-corrected chi connectivity index (χ4v) is 4.03. The Morgan fingerprint density at radius 2 is 1.94 bits per heavy atom. The third-order valence-corrected chi connectivity index (χ3v) is 5.87. The maximum absolute atomic E-state index is 13.0. The molecule has 0 spiro atoms. The molecule has 1 atom stereocenters. The molecule has 8 nitrogen and oxygen atoms in total. The lowest BCUT2D eigenvalue weighted by molar-refractivity contribution is -0.136. The number of nitrogens with one attached hydrogen (secondary N) is 3. The van der Waals surface area contributed by atoms with Gasteiger partial charge in [-0.15, -0.1) is 0 Å². The minimum absolute atomic E-state index is 0.0894. The van der Waals surface area contributed by atoms with Crippen LogP contribution < -0.4 is 16.1 Å². The Hall–Kier alpha value is -2.88. The predicted molar refractivity (Wildman–Crippen MR) is 125 cm³/mol. The van der Waals surface area contributed by atoms with Gasteiger partial charge in [-0.05, 0) is 49.2 Å². The van der Waals surface area contributed by atoms with Crippen LogP contribution in [0, 0.1) is 0 Å². The monoisotopic (exact) mass is 518 g/mol. The molecular weight excluding hydrogens is 500 g/mol. The molecule has 0 saturated carbocycles. The number of carbonyl (C=O) groups is 3. The van der Waals surface area contributed by atoms with Crippen LogP contribution in [-0.2, 0) is 14.3 Å². The Morgan fingerprint density at radius 1 is 1.12 bits per heavy atom. The quantitative estimate of drug-likeness (QED) is 0.448. The van der Waals surface area contributed by atoms with Crippen LogP contribution in [-0.4, -0.2) is 41.7 Å². The lowest BCUT2D eigenvalue weighted by Crippen LogP contribution is -2.42. The number of fused-ring (bicyclic) bond motifs is 1. The number of anilines is 1. The molecular formula is C22H20BrClN4O4. The van der Waals surface area contributed by atoms with Crippen LogP contribution in [0.25, 0.3) is 10.9 Å².